The van der Waals surface area contributed by atoms with Crippen molar-refractivity contribution in [3.8, 4) is 0 Å². The van der Waals surface area contributed by atoms with Crippen molar-refractivity contribution in [1.82, 2.24) is 4.98 Å². The lowest BCUT2D eigenvalue weighted by Gasteiger charge is -2.17. The Morgan fingerprint density at radius 2 is 2.16 bits per heavy atom. The topological polar surface area (TPSA) is 85.2 Å². The summed E-state index contributed by atoms with van der Waals surface area (Å²) in [6.45, 7) is 1.28. The quantitative estimate of drug-likeness (QED) is 0.518. The number of carbonyl (C=O) groups excluding carboxylic acids is 1. The Balaban J connectivity index is 2.42. The van der Waals surface area contributed by atoms with Gasteiger partial charge in [-0.15, -0.1) is 0 Å². The Bertz CT molecular complexity index is 634. The molecule has 2 aromatic rings. The van der Waals surface area contributed by atoms with Crippen molar-refractivity contribution in [3.05, 3.63) is 46.1 Å². The first-order chi connectivity index (χ1) is 8.99. The highest BCUT2D eigenvalue weighted by atomic mass is 16.6. The number of hydrogen-bond donors (Lipinski definition) is 1. The Labute approximate surface area is 109 Å². The molecule has 6 heteroatoms. The van der Waals surface area contributed by atoms with E-state index in [-0.39, 0.29) is 6.42 Å². The molecule has 1 aromatic heterocycles. The number of nitrogens with zero attached hydrogens (tertiary/aromatic N) is 1. The van der Waals surface area contributed by atoms with Crippen LogP contribution in [0.1, 0.15) is 12.5 Å². The molecule has 100 valence electrons. The van der Waals surface area contributed by atoms with Gasteiger partial charge in [-0.1, -0.05) is 18.2 Å². The zero-order valence-electron chi connectivity index (χ0n) is 10.7. The molecule has 0 radical (unpaired) electrons. The third kappa shape index (κ3) is 2.16. The van der Waals surface area contributed by atoms with Crippen LogP contribution < -0.4 is 0 Å². The van der Waals surface area contributed by atoms with Gasteiger partial charge in [0, 0.05) is 28.9 Å². The Morgan fingerprint density at radius 1 is 1.47 bits per heavy atom. The summed E-state index contributed by atoms with van der Waals surface area (Å²) in [7, 11) is 1.15. The smallest absolute Gasteiger partial charge is 0.384 e. The number of H-pyrrole nitrogens is 1. The fourth-order valence-electron chi connectivity index (χ4n) is 2.08. The second-order valence-corrected chi connectivity index (χ2v) is 4.56. The average Bonchev–Trinajstić information content (AvgIpc) is 2.81. The third-order valence-corrected chi connectivity index (χ3v) is 3.24. The summed E-state index contributed by atoms with van der Waals surface area (Å²) in [5.41, 5.74) is -0.173. The van der Waals surface area contributed by atoms with Crippen molar-refractivity contribution in [1.29, 1.82) is 0 Å². The van der Waals surface area contributed by atoms with Crippen molar-refractivity contribution in [2.45, 2.75) is 18.9 Å². The molecule has 0 saturated heterocycles. The fraction of sp³-hybridized carbons (Fsp3) is 0.308. The van der Waals surface area contributed by atoms with E-state index in [9.17, 15) is 14.9 Å². The molecule has 0 fully saturated rings. The summed E-state index contributed by atoms with van der Waals surface area (Å²) < 4.78 is 4.55. The standard InChI is InChI=1S/C13H14N2O4/c1-13(15(17)18,12(16)19-2)7-9-8-14-11-6-4-3-5-10(9)11/h3-6,8,14H,7H2,1-2H3. The second-order valence-electron chi connectivity index (χ2n) is 4.56. The summed E-state index contributed by atoms with van der Waals surface area (Å²) in [6.07, 6.45) is 1.67. The first-order valence-electron chi connectivity index (χ1n) is 5.77. The Hall–Kier alpha value is -2.37. The van der Waals surface area contributed by atoms with Crippen molar-refractivity contribution >= 4 is 16.9 Å². The number of aromatic amines is 1. The maximum Gasteiger partial charge on any atom is 0.384 e. The molecule has 1 heterocycles. The van der Waals surface area contributed by atoms with Gasteiger partial charge in [0.25, 0.3) is 0 Å². The van der Waals surface area contributed by atoms with Crippen molar-refractivity contribution in [2.75, 3.05) is 7.11 Å². The number of nitro groups is 1. The number of ether oxygens (including phenoxy) is 1. The minimum atomic E-state index is -1.78. The number of benzene rings is 1. The first-order valence-corrected chi connectivity index (χ1v) is 5.77. The molecule has 1 N–H and O–H groups in total. The van der Waals surface area contributed by atoms with Crippen LogP contribution in [0.5, 0.6) is 0 Å². The maximum absolute atomic E-state index is 11.7. The molecule has 0 aliphatic heterocycles. The number of fused-ring (bicyclic) bond motifs is 1. The van der Waals surface area contributed by atoms with Crippen LogP contribution in [0.15, 0.2) is 30.5 Å². The van der Waals surface area contributed by atoms with Gasteiger partial charge in [-0.05, 0) is 11.6 Å². The summed E-state index contributed by atoms with van der Waals surface area (Å²) in [5.74, 6) is -0.845. The number of aromatic nitrogens is 1. The van der Waals surface area contributed by atoms with Gasteiger partial charge in [0.15, 0.2) is 0 Å². The Kier molecular flexibility index (Phi) is 3.25. The van der Waals surface area contributed by atoms with E-state index < -0.39 is 16.4 Å². The van der Waals surface area contributed by atoms with Crippen LogP contribution in [-0.2, 0) is 16.0 Å². The van der Waals surface area contributed by atoms with E-state index in [1.54, 1.807) is 6.20 Å². The van der Waals surface area contributed by atoms with Crippen LogP contribution >= 0.6 is 0 Å². The molecule has 0 spiro atoms. The van der Waals surface area contributed by atoms with Crippen molar-refractivity contribution < 1.29 is 14.5 Å². The molecule has 1 aromatic carbocycles. The normalized spacial score (nSPS) is 14.0. The van der Waals surface area contributed by atoms with Crippen molar-refractivity contribution in [2.24, 2.45) is 0 Å². The van der Waals surface area contributed by atoms with Gasteiger partial charge in [-0.2, -0.15) is 0 Å². The third-order valence-electron chi connectivity index (χ3n) is 3.24. The van der Waals surface area contributed by atoms with Crippen LogP contribution in [0.3, 0.4) is 0 Å². The minimum absolute atomic E-state index is 0.0172. The molecule has 1 unspecified atom stereocenters. The van der Waals surface area contributed by atoms with Crippen LogP contribution in [0.4, 0.5) is 0 Å². The lowest BCUT2D eigenvalue weighted by Crippen LogP contribution is -2.46. The second kappa shape index (κ2) is 4.72. The van der Waals surface area contributed by atoms with Crippen LogP contribution in [-0.4, -0.2) is 28.5 Å². The largest absolute Gasteiger partial charge is 0.464 e. The minimum Gasteiger partial charge on any atom is -0.464 e. The van der Waals surface area contributed by atoms with Gasteiger partial charge < -0.3 is 9.72 Å². The van der Waals surface area contributed by atoms with Gasteiger partial charge >= 0.3 is 11.5 Å². The number of nitrogens with one attached hydrogen (secondary N) is 1. The van der Waals surface area contributed by atoms with Gasteiger partial charge in [0.05, 0.1) is 13.5 Å². The lowest BCUT2D eigenvalue weighted by molar-refractivity contribution is -0.550. The number of rotatable bonds is 4. The maximum atomic E-state index is 11.7. The van der Waals surface area contributed by atoms with E-state index in [0.29, 0.717) is 0 Å². The zero-order valence-corrected chi connectivity index (χ0v) is 10.7. The van der Waals surface area contributed by atoms with Crippen LogP contribution in [0.2, 0.25) is 0 Å². The summed E-state index contributed by atoms with van der Waals surface area (Å²) >= 11 is 0. The number of methoxy groups -OCH3 is 1. The molecule has 0 bridgehead atoms. The predicted octanol–water partition coefficient (Wildman–Crippen LogP) is 1.92. The first kappa shape index (κ1) is 13.1. The Morgan fingerprint density at radius 3 is 2.79 bits per heavy atom. The van der Waals surface area contributed by atoms with E-state index in [1.807, 2.05) is 24.3 Å². The molecule has 0 amide bonds. The van der Waals surface area contributed by atoms with Gasteiger partial charge in [-0.3, -0.25) is 10.1 Å². The van der Waals surface area contributed by atoms with Gasteiger partial charge in [-0.25, -0.2) is 4.79 Å². The molecule has 2 rings (SSSR count). The van der Waals surface area contributed by atoms with Crippen LogP contribution in [0.25, 0.3) is 10.9 Å². The number of para-hydroxylation sites is 1. The molecule has 0 aliphatic carbocycles. The number of hydrogen-bond acceptors (Lipinski definition) is 4. The molecular weight excluding hydrogens is 248 g/mol. The highest BCUT2D eigenvalue weighted by Crippen LogP contribution is 2.25. The van der Waals surface area contributed by atoms with Gasteiger partial charge in [0.2, 0.25) is 0 Å². The average molecular weight is 262 g/mol. The molecular formula is C13H14N2O4. The van der Waals surface area contributed by atoms with Gasteiger partial charge in [0.1, 0.15) is 0 Å². The van der Waals surface area contributed by atoms with Crippen LogP contribution in [0, 0.1) is 10.1 Å². The van der Waals surface area contributed by atoms with E-state index >= 15 is 0 Å². The highest BCUT2D eigenvalue weighted by Gasteiger charge is 2.47. The SMILES string of the molecule is COC(=O)C(C)(Cc1c[nH]c2ccccc12)[N+](=O)[O-]. The van der Waals surface area contributed by atoms with E-state index in [4.69, 9.17) is 0 Å². The summed E-state index contributed by atoms with van der Waals surface area (Å²) in [6, 6.07) is 7.45. The van der Waals surface area contributed by atoms with E-state index in [2.05, 4.69) is 9.72 Å². The number of carbonyl (C=O) groups is 1. The fourth-order valence-corrected chi connectivity index (χ4v) is 2.08. The molecule has 1 atom stereocenters. The van der Waals surface area contributed by atoms with Crippen molar-refractivity contribution in [3.63, 3.8) is 0 Å². The monoisotopic (exact) mass is 262 g/mol. The molecule has 0 saturated carbocycles. The number of esters is 1. The highest BCUT2D eigenvalue weighted by molar-refractivity contribution is 5.85. The molecule has 19 heavy (non-hydrogen) atoms. The van der Waals surface area contributed by atoms with E-state index in [1.165, 1.54) is 6.92 Å². The van der Waals surface area contributed by atoms with E-state index in [0.717, 1.165) is 23.6 Å². The predicted molar refractivity (Wildman–Crippen MR) is 69.4 cm³/mol. The molecule has 6 nitrogen and oxygen atoms in total. The lowest BCUT2D eigenvalue weighted by atomic mass is 9.93. The zero-order chi connectivity index (χ0) is 14.0. The molecule has 0 aliphatic rings. The summed E-state index contributed by atoms with van der Waals surface area (Å²) in [4.78, 5) is 25.3. The summed E-state index contributed by atoms with van der Waals surface area (Å²) in [5, 5.41) is 12.1.